The van der Waals surface area contributed by atoms with Crippen molar-refractivity contribution in [1.82, 2.24) is 0 Å². The Kier molecular flexibility index (Phi) is 6.09. The van der Waals surface area contributed by atoms with Crippen LogP contribution in [0.5, 0.6) is 0 Å². The van der Waals surface area contributed by atoms with Crippen molar-refractivity contribution in [1.29, 1.82) is 0 Å². The Morgan fingerprint density at radius 2 is 1.53 bits per heavy atom. The summed E-state index contributed by atoms with van der Waals surface area (Å²) >= 11 is 0. The van der Waals surface area contributed by atoms with Gasteiger partial charge in [-0.15, -0.1) is 13.2 Å². The Labute approximate surface area is 89.6 Å². The Morgan fingerprint density at radius 1 is 1.13 bits per heavy atom. The van der Waals surface area contributed by atoms with Crippen molar-refractivity contribution >= 4 is 11.9 Å². The maximum absolute atomic E-state index is 11.3. The van der Waals surface area contributed by atoms with E-state index in [4.69, 9.17) is 0 Å². The largest absolute Gasteiger partial charge is 0.468 e. The third kappa shape index (κ3) is 3.97. The lowest BCUT2D eigenvalue weighted by atomic mass is 9.94. The summed E-state index contributed by atoms with van der Waals surface area (Å²) in [7, 11) is 2.46. The van der Waals surface area contributed by atoms with Crippen molar-refractivity contribution in [2.24, 2.45) is 11.8 Å². The minimum absolute atomic E-state index is 0.117. The zero-order chi connectivity index (χ0) is 11.8. The number of carbonyl (C=O) groups excluding carboxylic acids is 2. The van der Waals surface area contributed by atoms with Gasteiger partial charge in [-0.2, -0.15) is 0 Å². The van der Waals surface area contributed by atoms with Gasteiger partial charge in [0.25, 0.3) is 0 Å². The lowest BCUT2D eigenvalue weighted by molar-refractivity contribution is -0.159. The summed E-state index contributed by atoms with van der Waals surface area (Å²) in [5.74, 6) is -2.24. The molecular formula is C11H16O4. The van der Waals surface area contributed by atoms with E-state index in [0.717, 1.165) is 0 Å². The number of hydrogen-bond donors (Lipinski definition) is 0. The standard InChI is InChI=1S/C11H16O4/c1-5-8(6-2)7-9(10(12)14-3)11(13)15-4/h5-6,8-9H,1-2,7H2,3-4H3. The fourth-order valence-corrected chi connectivity index (χ4v) is 1.13. The molecule has 0 spiro atoms. The van der Waals surface area contributed by atoms with Gasteiger partial charge in [-0.3, -0.25) is 9.59 Å². The van der Waals surface area contributed by atoms with Crippen LogP contribution in [0.2, 0.25) is 0 Å². The highest BCUT2D eigenvalue weighted by molar-refractivity contribution is 5.94. The van der Waals surface area contributed by atoms with Gasteiger partial charge >= 0.3 is 11.9 Å². The molecule has 0 radical (unpaired) electrons. The van der Waals surface area contributed by atoms with Gasteiger partial charge in [0.1, 0.15) is 0 Å². The normalized spacial score (nSPS) is 9.87. The predicted octanol–water partition coefficient (Wildman–Crippen LogP) is 1.33. The molecule has 0 aromatic rings. The number of esters is 2. The summed E-state index contributed by atoms with van der Waals surface area (Å²) in [4.78, 5) is 22.6. The van der Waals surface area contributed by atoms with Crippen molar-refractivity contribution in [2.45, 2.75) is 6.42 Å². The minimum atomic E-state index is -0.916. The zero-order valence-corrected chi connectivity index (χ0v) is 9.06. The Hall–Kier alpha value is -1.58. The average Bonchev–Trinajstić information content (AvgIpc) is 2.29. The molecule has 0 aromatic carbocycles. The molecular weight excluding hydrogens is 196 g/mol. The number of hydrogen-bond acceptors (Lipinski definition) is 4. The van der Waals surface area contributed by atoms with Gasteiger partial charge in [-0.25, -0.2) is 0 Å². The third-order valence-corrected chi connectivity index (χ3v) is 2.08. The van der Waals surface area contributed by atoms with Crippen LogP contribution in [0.3, 0.4) is 0 Å². The topological polar surface area (TPSA) is 52.6 Å². The van der Waals surface area contributed by atoms with E-state index in [-0.39, 0.29) is 12.3 Å². The second-order valence-corrected chi connectivity index (χ2v) is 2.97. The van der Waals surface area contributed by atoms with Crippen molar-refractivity contribution < 1.29 is 19.1 Å². The van der Waals surface area contributed by atoms with Crippen molar-refractivity contribution in [3.63, 3.8) is 0 Å². The second-order valence-electron chi connectivity index (χ2n) is 2.97. The van der Waals surface area contributed by atoms with Crippen molar-refractivity contribution in [2.75, 3.05) is 14.2 Å². The molecule has 0 saturated heterocycles. The molecule has 0 aliphatic heterocycles. The summed E-state index contributed by atoms with van der Waals surface area (Å²) in [5, 5.41) is 0. The van der Waals surface area contributed by atoms with Gasteiger partial charge < -0.3 is 9.47 Å². The molecule has 0 aromatic heterocycles. The van der Waals surface area contributed by atoms with Crippen LogP contribution in [-0.4, -0.2) is 26.2 Å². The Bertz CT molecular complexity index is 233. The molecule has 0 N–H and O–H groups in total. The van der Waals surface area contributed by atoms with E-state index in [0.29, 0.717) is 0 Å². The Morgan fingerprint density at radius 3 is 1.80 bits per heavy atom. The van der Waals surface area contributed by atoms with Crippen molar-refractivity contribution in [3.05, 3.63) is 25.3 Å². The first-order valence-corrected chi connectivity index (χ1v) is 4.51. The summed E-state index contributed by atoms with van der Waals surface area (Å²) in [5.41, 5.74) is 0. The molecule has 0 bridgehead atoms. The Balaban J connectivity index is 4.63. The van der Waals surface area contributed by atoms with Crippen LogP contribution in [0, 0.1) is 11.8 Å². The van der Waals surface area contributed by atoms with Crippen LogP contribution in [0.1, 0.15) is 6.42 Å². The molecule has 0 rings (SSSR count). The highest BCUT2D eigenvalue weighted by atomic mass is 16.5. The fourth-order valence-electron chi connectivity index (χ4n) is 1.13. The van der Waals surface area contributed by atoms with E-state index in [1.165, 1.54) is 14.2 Å². The summed E-state index contributed by atoms with van der Waals surface area (Å²) < 4.78 is 9.03. The maximum atomic E-state index is 11.3. The SMILES string of the molecule is C=CC(C=C)CC(C(=O)OC)C(=O)OC. The zero-order valence-electron chi connectivity index (χ0n) is 9.06. The maximum Gasteiger partial charge on any atom is 0.320 e. The van der Waals surface area contributed by atoms with Crippen LogP contribution in [-0.2, 0) is 19.1 Å². The van der Waals surface area contributed by atoms with Crippen LogP contribution in [0.4, 0.5) is 0 Å². The molecule has 4 heteroatoms. The molecule has 4 nitrogen and oxygen atoms in total. The van der Waals surface area contributed by atoms with Crippen molar-refractivity contribution in [3.8, 4) is 0 Å². The van der Waals surface area contributed by atoms with E-state index in [2.05, 4.69) is 22.6 Å². The molecule has 0 amide bonds. The molecule has 0 atom stereocenters. The first kappa shape index (κ1) is 13.4. The van der Waals surface area contributed by atoms with E-state index in [9.17, 15) is 9.59 Å². The predicted molar refractivity (Wildman–Crippen MR) is 56.0 cm³/mol. The summed E-state index contributed by atoms with van der Waals surface area (Å²) in [6, 6.07) is 0. The number of allylic oxidation sites excluding steroid dienone is 2. The molecule has 0 aliphatic carbocycles. The van der Waals surface area contributed by atoms with Crippen LogP contribution in [0.25, 0.3) is 0 Å². The molecule has 0 aliphatic rings. The quantitative estimate of drug-likeness (QED) is 0.378. The second kappa shape index (κ2) is 6.81. The third-order valence-electron chi connectivity index (χ3n) is 2.08. The van der Waals surface area contributed by atoms with Crippen LogP contribution < -0.4 is 0 Å². The number of methoxy groups -OCH3 is 2. The molecule has 0 unspecified atom stereocenters. The van der Waals surface area contributed by atoms with Gasteiger partial charge in [-0.1, -0.05) is 12.2 Å². The first-order chi connectivity index (χ1) is 7.10. The highest BCUT2D eigenvalue weighted by Crippen LogP contribution is 2.17. The number of ether oxygens (including phenoxy) is 2. The van der Waals surface area contributed by atoms with E-state index < -0.39 is 17.9 Å². The summed E-state index contributed by atoms with van der Waals surface area (Å²) in [6.45, 7) is 7.16. The van der Waals surface area contributed by atoms with Gasteiger partial charge in [0.2, 0.25) is 0 Å². The molecule has 0 saturated carbocycles. The molecule has 0 heterocycles. The van der Waals surface area contributed by atoms with E-state index >= 15 is 0 Å². The van der Waals surface area contributed by atoms with Gasteiger partial charge in [-0.05, 0) is 12.3 Å². The van der Waals surface area contributed by atoms with Crippen LogP contribution in [0.15, 0.2) is 25.3 Å². The van der Waals surface area contributed by atoms with E-state index in [1.54, 1.807) is 12.2 Å². The number of rotatable bonds is 6. The lowest BCUT2D eigenvalue weighted by Gasteiger charge is -2.14. The molecule has 15 heavy (non-hydrogen) atoms. The monoisotopic (exact) mass is 212 g/mol. The first-order valence-electron chi connectivity index (χ1n) is 4.51. The van der Waals surface area contributed by atoms with Gasteiger partial charge in [0.15, 0.2) is 5.92 Å². The van der Waals surface area contributed by atoms with Gasteiger partial charge in [0.05, 0.1) is 14.2 Å². The van der Waals surface area contributed by atoms with E-state index in [1.807, 2.05) is 0 Å². The van der Waals surface area contributed by atoms with Gasteiger partial charge in [0, 0.05) is 0 Å². The molecule has 84 valence electrons. The van der Waals surface area contributed by atoms with Crippen LogP contribution >= 0.6 is 0 Å². The summed E-state index contributed by atoms with van der Waals surface area (Å²) in [6.07, 6.45) is 3.50. The number of carbonyl (C=O) groups is 2. The molecule has 0 fully saturated rings. The fraction of sp³-hybridized carbons (Fsp3) is 0.455. The average molecular weight is 212 g/mol. The highest BCUT2D eigenvalue weighted by Gasteiger charge is 2.29. The lowest BCUT2D eigenvalue weighted by Crippen LogP contribution is -2.28. The minimum Gasteiger partial charge on any atom is -0.468 e. The smallest absolute Gasteiger partial charge is 0.320 e.